The zero-order valence-electron chi connectivity index (χ0n) is 21.2. The van der Waals surface area contributed by atoms with Gasteiger partial charge < -0.3 is 19.2 Å². The van der Waals surface area contributed by atoms with Gasteiger partial charge in [-0.2, -0.15) is 13.2 Å². The van der Waals surface area contributed by atoms with Crippen LogP contribution in [-0.2, 0) is 16.6 Å². The lowest BCUT2D eigenvalue weighted by Crippen LogP contribution is -2.30. The van der Waals surface area contributed by atoms with Gasteiger partial charge >= 0.3 is 6.18 Å². The number of alkyl halides is 3. The van der Waals surface area contributed by atoms with Gasteiger partial charge in [0.1, 0.15) is 23.9 Å². The van der Waals surface area contributed by atoms with E-state index in [9.17, 15) is 26.4 Å². The molecule has 40 heavy (non-hydrogen) atoms. The van der Waals surface area contributed by atoms with Crippen molar-refractivity contribution >= 4 is 27.3 Å². The zero-order chi connectivity index (χ0) is 28.8. The molecule has 1 aromatic heterocycles. The second-order valence-corrected chi connectivity index (χ2v) is 10.3. The molecule has 0 aliphatic heterocycles. The Hall–Kier alpha value is -4.45. The highest BCUT2D eigenvalue weighted by Crippen LogP contribution is 2.32. The van der Waals surface area contributed by atoms with E-state index in [-0.39, 0.29) is 35.2 Å². The Labute approximate surface area is 229 Å². The number of carbonyl (C=O) groups excluding carboxylic acids is 1. The van der Waals surface area contributed by atoms with Crippen LogP contribution in [0.4, 0.5) is 24.5 Å². The van der Waals surface area contributed by atoms with Gasteiger partial charge in [-0.05, 0) is 61.5 Å². The maximum atomic E-state index is 13.5. The Morgan fingerprint density at radius 1 is 0.925 bits per heavy atom. The summed E-state index contributed by atoms with van der Waals surface area (Å²) in [6.45, 7) is 0.108. The number of benzene rings is 3. The van der Waals surface area contributed by atoms with E-state index in [4.69, 9.17) is 13.9 Å². The van der Waals surface area contributed by atoms with Crippen LogP contribution in [0.3, 0.4) is 0 Å². The monoisotopic (exact) mass is 574 g/mol. The van der Waals surface area contributed by atoms with Crippen molar-refractivity contribution in [3.05, 3.63) is 103 Å². The Morgan fingerprint density at radius 2 is 1.60 bits per heavy atom. The van der Waals surface area contributed by atoms with E-state index in [1.807, 2.05) is 6.07 Å². The smallest absolute Gasteiger partial charge is 0.422 e. The number of furan rings is 1. The molecule has 0 aliphatic carbocycles. The van der Waals surface area contributed by atoms with Crippen molar-refractivity contribution in [2.45, 2.75) is 24.6 Å². The molecule has 4 rings (SSSR count). The lowest BCUT2D eigenvalue weighted by molar-refractivity contribution is -0.153. The Balaban J connectivity index is 1.59. The lowest BCUT2D eigenvalue weighted by Gasteiger charge is -2.23. The summed E-state index contributed by atoms with van der Waals surface area (Å²) >= 11 is 0. The first-order chi connectivity index (χ1) is 19.1. The van der Waals surface area contributed by atoms with Crippen LogP contribution in [0.25, 0.3) is 0 Å². The second-order valence-electron chi connectivity index (χ2n) is 8.39. The maximum absolute atomic E-state index is 13.5. The van der Waals surface area contributed by atoms with Crippen molar-refractivity contribution in [2.24, 2.45) is 0 Å². The molecule has 0 aliphatic rings. The molecule has 12 heteroatoms. The van der Waals surface area contributed by atoms with Crippen molar-refractivity contribution < 1.29 is 40.3 Å². The molecule has 1 N–H and O–H groups in total. The van der Waals surface area contributed by atoms with Crippen LogP contribution >= 0.6 is 0 Å². The van der Waals surface area contributed by atoms with Crippen molar-refractivity contribution in [1.82, 2.24) is 0 Å². The first-order valence-electron chi connectivity index (χ1n) is 12.1. The number of hydrogen-bond acceptors (Lipinski definition) is 6. The first kappa shape index (κ1) is 28.6. The number of anilines is 2. The molecule has 4 aromatic rings. The molecule has 0 saturated heterocycles. The van der Waals surface area contributed by atoms with Crippen molar-refractivity contribution in [3.63, 3.8) is 0 Å². The minimum atomic E-state index is -4.66. The van der Waals surface area contributed by atoms with Gasteiger partial charge in [0.2, 0.25) is 0 Å². The van der Waals surface area contributed by atoms with Crippen LogP contribution in [0.1, 0.15) is 23.2 Å². The van der Waals surface area contributed by atoms with Crippen LogP contribution in [0, 0.1) is 0 Å². The standard InChI is InChI=1S/C28H25F3N2O6S/c1-2-33(20-9-5-3-6-10-20)40(35,36)23-14-16-25(38-19-28(29,30)31)24(17-23)32-27(34)26-15-13-22(39-26)18-37-21-11-7-4-8-12-21/h3-17H,2,18-19H2,1H3,(H,32,34). The topological polar surface area (TPSA) is 98.1 Å². The fourth-order valence-corrected chi connectivity index (χ4v) is 5.20. The minimum Gasteiger partial charge on any atom is -0.486 e. The van der Waals surface area contributed by atoms with Crippen LogP contribution in [-0.4, -0.2) is 33.7 Å². The molecule has 210 valence electrons. The number of nitrogens with zero attached hydrogens (tertiary/aromatic N) is 1. The van der Waals surface area contributed by atoms with Gasteiger partial charge in [-0.25, -0.2) is 8.42 Å². The average Bonchev–Trinajstić information content (AvgIpc) is 3.41. The van der Waals surface area contributed by atoms with Gasteiger partial charge in [-0.15, -0.1) is 0 Å². The predicted molar refractivity (Wildman–Crippen MR) is 142 cm³/mol. The van der Waals surface area contributed by atoms with E-state index in [0.29, 0.717) is 17.2 Å². The van der Waals surface area contributed by atoms with Crippen molar-refractivity contribution in [1.29, 1.82) is 0 Å². The molecule has 0 unspecified atom stereocenters. The molecule has 0 fully saturated rings. The third-order valence-corrected chi connectivity index (χ3v) is 7.42. The third-order valence-electron chi connectivity index (χ3n) is 5.52. The average molecular weight is 575 g/mol. The van der Waals surface area contributed by atoms with Crippen LogP contribution in [0.5, 0.6) is 11.5 Å². The Morgan fingerprint density at radius 3 is 2.25 bits per heavy atom. The van der Waals surface area contributed by atoms with Gasteiger partial charge in [0.05, 0.1) is 16.3 Å². The van der Waals surface area contributed by atoms with Gasteiger partial charge in [0, 0.05) is 6.54 Å². The van der Waals surface area contributed by atoms with E-state index in [1.54, 1.807) is 61.5 Å². The van der Waals surface area contributed by atoms with E-state index in [1.165, 1.54) is 12.1 Å². The molecular formula is C28H25F3N2O6S. The maximum Gasteiger partial charge on any atom is 0.422 e. The zero-order valence-corrected chi connectivity index (χ0v) is 22.0. The van der Waals surface area contributed by atoms with Crippen LogP contribution in [0.2, 0.25) is 0 Å². The van der Waals surface area contributed by atoms with Crippen LogP contribution in [0.15, 0.2) is 100 Å². The lowest BCUT2D eigenvalue weighted by atomic mass is 10.2. The van der Waals surface area contributed by atoms with Gasteiger partial charge in [-0.1, -0.05) is 36.4 Å². The minimum absolute atomic E-state index is 0.0251. The highest BCUT2D eigenvalue weighted by atomic mass is 32.2. The summed E-state index contributed by atoms with van der Waals surface area (Å²) in [5, 5.41) is 2.41. The van der Waals surface area contributed by atoms with Crippen molar-refractivity contribution in [3.8, 4) is 11.5 Å². The van der Waals surface area contributed by atoms with Crippen molar-refractivity contribution in [2.75, 3.05) is 22.8 Å². The fraction of sp³-hybridized carbons (Fsp3) is 0.179. The predicted octanol–water partition coefficient (Wildman–Crippen LogP) is 6.27. The number of carbonyl (C=O) groups is 1. The fourth-order valence-electron chi connectivity index (χ4n) is 3.70. The number of rotatable bonds is 11. The molecule has 8 nitrogen and oxygen atoms in total. The molecule has 0 spiro atoms. The SMILES string of the molecule is CCN(c1ccccc1)S(=O)(=O)c1ccc(OCC(F)(F)F)c(NC(=O)c2ccc(COc3ccccc3)o2)c1. The number of nitrogens with one attached hydrogen (secondary N) is 1. The van der Waals surface area contributed by atoms with E-state index in [0.717, 1.165) is 22.5 Å². The summed E-state index contributed by atoms with van der Waals surface area (Å²) in [7, 11) is -4.15. The summed E-state index contributed by atoms with van der Waals surface area (Å²) < 4.78 is 82.6. The molecule has 3 aromatic carbocycles. The third kappa shape index (κ3) is 7.14. The van der Waals surface area contributed by atoms with Gasteiger partial charge in [0.15, 0.2) is 12.4 Å². The molecular weight excluding hydrogens is 549 g/mol. The summed E-state index contributed by atoms with van der Waals surface area (Å²) in [6, 6.07) is 23.3. The summed E-state index contributed by atoms with van der Waals surface area (Å²) in [4.78, 5) is 12.7. The summed E-state index contributed by atoms with van der Waals surface area (Å²) in [6.07, 6.45) is -4.66. The molecule has 0 saturated carbocycles. The highest BCUT2D eigenvalue weighted by Gasteiger charge is 2.30. The van der Waals surface area contributed by atoms with Gasteiger partial charge in [0.25, 0.3) is 15.9 Å². The number of sulfonamides is 1. The van der Waals surface area contributed by atoms with E-state index < -0.39 is 28.7 Å². The first-order valence-corrected chi connectivity index (χ1v) is 13.5. The normalized spacial score (nSPS) is 11.6. The number of para-hydroxylation sites is 2. The number of ether oxygens (including phenoxy) is 2. The van der Waals surface area contributed by atoms with E-state index >= 15 is 0 Å². The second kappa shape index (κ2) is 12.2. The Kier molecular flexibility index (Phi) is 8.68. The summed E-state index contributed by atoms with van der Waals surface area (Å²) in [5.74, 6) is -0.452. The molecule has 1 heterocycles. The molecule has 1 amide bonds. The largest absolute Gasteiger partial charge is 0.486 e. The number of halogens is 3. The number of hydrogen-bond donors (Lipinski definition) is 1. The molecule has 0 bridgehead atoms. The van der Waals surface area contributed by atoms with Gasteiger partial charge in [-0.3, -0.25) is 9.10 Å². The highest BCUT2D eigenvalue weighted by molar-refractivity contribution is 7.92. The van der Waals surface area contributed by atoms with E-state index in [2.05, 4.69) is 5.32 Å². The Bertz CT molecular complexity index is 1540. The quantitative estimate of drug-likeness (QED) is 0.227. The summed E-state index contributed by atoms with van der Waals surface area (Å²) in [5.41, 5.74) is 0.117. The van der Waals surface area contributed by atoms with Crippen LogP contribution < -0.4 is 19.1 Å². The number of amides is 1. The molecule has 0 radical (unpaired) electrons. The molecule has 0 atom stereocenters.